The maximum absolute atomic E-state index is 14.6. The van der Waals surface area contributed by atoms with Gasteiger partial charge in [0, 0.05) is 48.9 Å². The Labute approximate surface area is 158 Å². The topological polar surface area (TPSA) is 88.2 Å². The van der Waals surface area contributed by atoms with Crippen molar-refractivity contribution >= 4 is 34.4 Å². The van der Waals surface area contributed by atoms with Crippen molar-refractivity contribution in [3.8, 4) is 0 Å². The number of nitrogens with zero attached hydrogens (tertiary/aromatic N) is 2. The molecule has 0 bridgehead atoms. The van der Waals surface area contributed by atoms with Gasteiger partial charge in [-0.1, -0.05) is 0 Å². The van der Waals surface area contributed by atoms with Gasteiger partial charge in [0.2, 0.25) is 0 Å². The van der Waals surface area contributed by atoms with Gasteiger partial charge in [-0.2, -0.15) is 0 Å². The van der Waals surface area contributed by atoms with Gasteiger partial charge in [-0.25, -0.2) is 14.0 Å². The largest absolute Gasteiger partial charge is 0.442 e. The average Bonchev–Trinajstić information content (AvgIpc) is 3.18. The molecule has 27 heavy (non-hydrogen) atoms. The van der Waals surface area contributed by atoms with Crippen LogP contribution in [0.3, 0.4) is 0 Å². The molecule has 3 fully saturated rings. The fourth-order valence-electron chi connectivity index (χ4n) is 3.45. The van der Waals surface area contributed by atoms with Crippen molar-refractivity contribution in [2.24, 2.45) is 0 Å². The lowest BCUT2D eigenvalue weighted by Gasteiger charge is -2.29. The first kappa shape index (κ1) is 18.0. The molecule has 8 nitrogen and oxygen atoms in total. The van der Waals surface area contributed by atoms with E-state index in [1.165, 1.54) is 18.0 Å². The molecule has 1 aliphatic carbocycles. The molecule has 2 atom stereocenters. The van der Waals surface area contributed by atoms with E-state index in [4.69, 9.17) is 9.47 Å². The van der Waals surface area contributed by atoms with E-state index in [1.807, 2.05) is 4.90 Å². The first-order valence-electron chi connectivity index (χ1n) is 8.70. The Hall–Kier alpha value is -2.36. The molecule has 2 aliphatic heterocycles. The number of nitrogens with one attached hydrogen (secondary N) is 1. The first-order valence-corrected chi connectivity index (χ1v) is 10.2. The van der Waals surface area contributed by atoms with Gasteiger partial charge >= 0.3 is 12.2 Å². The van der Waals surface area contributed by atoms with E-state index in [1.54, 1.807) is 12.1 Å². The second-order valence-corrected chi connectivity index (χ2v) is 8.53. The molecule has 4 rings (SSSR count). The molecule has 3 aliphatic rings. The Kier molecular flexibility index (Phi) is 4.45. The van der Waals surface area contributed by atoms with Gasteiger partial charge in [0.05, 0.1) is 17.9 Å². The summed E-state index contributed by atoms with van der Waals surface area (Å²) in [4.78, 5) is 26.8. The van der Waals surface area contributed by atoms with E-state index in [0.717, 1.165) is 0 Å². The van der Waals surface area contributed by atoms with Crippen molar-refractivity contribution < 1.29 is 27.7 Å². The number of rotatable bonds is 3. The van der Waals surface area contributed by atoms with Crippen LogP contribution in [0.25, 0.3) is 0 Å². The molecule has 0 unspecified atom stereocenters. The maximum atomic E-state index is 14.6. The number of carbonyl (C=O) groups is 2. The number of hydrogen-bond acceptors (Lipinski definition) is 6. The van der Waals surface area contributed by atoms with Gasteiger partial charge in [0.1, 0.15) is 11.9 Å². The van der Waals surface area contributed by atoms with Crippen LogP contribution in [0.15, 0.2) is 18.2 Å². The molecule has 146 valence electrons. The van der Waals surface area contributed by atoms with Crippen LogP contribution < -0.4 is 15.1 Å². The number of ether oxygens (including phenoxy) is 2. The van der Waals surface area contributed by atoms with Crippen LogP contribution in [0, 0.1) is 5.82 Å². The Bertz CT molecular complexity index is 812. The molecule has 2 saturated heterocycles. The predicted octanol–water partition coefficient (Wildman–Crippen LogP) is 1.22. The SMILES string of the molecule is CNC(=O)O[C@H]1C[C@]12CN(c1ccc(N3CCS(=O)CC3)c(F)c1)C(=O)O2. The van der Waals surface area contributed by atoms with Crippen LogP contribution >= 0.6 is 0 Å². The smallest absolute Gasteiger partial charge is 0.415 e. The normalized spacial score (nSPS) is 27.6. The summed E-state index contributed by atoms with van der Waals surface area (Å²) in [5, 5.41) is 2.36. The van der Waals surface area contributed by atoms with E-state index >= 15 is 0 Å². The van der Waals surface area contributed by atoms with E-state index in [2.05, 4.69) is 5.32 Å². The highest BCUT2D eigenvalue weighted by Crippen LogP contribution is 2.48. The summed E-state index contributed by atoms with van der Waals surface area (Å²) in [6.45, 7) is 1.28. The van der Waals surface area contributed by atoms with Gasteiger partial charge < -0.3 is 19.7 Å². The van der Waals surface area contributed by atoms with Gasteiger partial charge in [0.25, 0.3) is 0 Å². The Morgan fingerprint density at radius 1 is 1.41 bits per heavy atom. The highest BCUT2D eigenvalue weighted by Gasteiger charge is 2.66. The summed E-state index contributed by atoms with van der Waals surface area (Å²) in [5.74, 6) is 0.604. The van der Waals surface area contributed by atoms with Crippen LogP contribution in [-0.2, 0) is 20.3 Å². The number of amides is 2. The quantitative estimate of drug-likeness (QED) is 0.825. The Morgan fingerprint density at radius 2 is 2.15 bits per heavy atom. The van der Waals surface area contributed by atoms with Crippen LogP contribution in [-0.4, -0.2) is 66.3 Å². The average molecular weight is 397 g/mol. The summed E-state index contributed by atoms with van der Waals surface area (Å²) < 4.78 is 36.7. The molecule has 2 heterocycles. The summed E-state index contributed by atoms with van der Waals surface area (Å²) in [5.41, 5.74) is -0.0235. The highest BCUT2D eigenvalue weighted by atomic mass is 32.2. The number of benzene rings is 1. The van der Waals surface area contributed by atoms with Crippen molar-refractivity contribution in [3.63, 3.8) is 0 Å². The second kappa shape index (κ2) is 6.66. The zero-order valence-electron chi connectivity index (χ0n) is 14.8. The van der Waals surface area contributed by atoms with Gasteiger partial charge in [-0.3, -0.25) is 9.11 Å². The maximum Gasteiger partial charge on any atom is 0.415 e. The fraction of sp³-hybridized carbons (Fsp3) is 0.529. The van der Waals surface area contributed by atoms with E-state index in [9.17, 15) is 18.2 Å². The molecule has 1 spiro atoms. The lowest BCUT2D eigenvalue weighted by atomic mass is 10.2. The van der Waals surface area contributed by atoms with Gasteiger partial charge in [0.15, 0.2) is 5.60 Å². The van der Waals surface area contributed by atoms with Gasteiger partial charge in [-0.05, 0) is 18.2 Å². The minimum absolute atomic E-state index is 0.203. The van der Waals surface area contributed by atoms with Crippen molar-refractivity contribution in [1.82, 2.24) is 5.32 Å². The monoisotopic (exact) mass is 397 g/mol. The number of hydrogen-bond donors (Lipinski definition) is 1. The standard InChI is InChI=1S/C17H20FN3O5S/c1-19-15(22)25-14-9-17(14)10-21(16(23)26-17)11-2-3-13(12(18)8-11)20-4-6-27(24)7-5-20/h2-3,8,14H,4-7,9-10H2,1H3,(H,19,22)/t14-,17-/m0/s1. The Morgan fingerprint density at radius 3 is 2.81 bits per heavy atom. The van der Waals surface area contributed by atoms with Crippen molar-refractivity contribution in [2.75, 3.05) is 48.0 Å². The summed E-state index contributed by atoms with van der Waals surface area (Å²) in [6.07, 6.45) is -1.23. The third-order valence-electron chi connectivity index (χ3n) is 5.11. The number of anilines is 2. The Balaban J connectivity index is 1.46. The lowest BCUT2D eigenvalue weighted by Crippen LogP contribution is -2.38. The minimum atomic E-state index is -0.852. The summed E-state index contributed by atoms with van der Waals surface area (Å²) in [7, 11) is 0.616. The molecule has 1 saturated carbocycles. The highest BCUT2D eigenvalue weighted by molar-refractivity contribution is 7.85. The van der Waals surface area contributed by atoms with Crippen LogP contribution in [0.2, 0.25) is 0 Å². The molecular weight excluding hydrogens is 377 g/mol. The zero-order chi connectivity index (χ0) is 19.2. The third-order valence-corrected chi connectivity index (χ3v) is 6.38. The predicted molar refractivity (Wildman–Crippen MR) is 97.0 cm³/mol. The molecule has 1 aromatic carbocycles. The van der Waals surface area contributed by atoms with E-state index in [0.29, 0.717) is 42.4 Å². The van der Waals surface area contributed by atoms with Crippen molar-refractivity contribution in [3.05, 3.63) is 24.0 Å². The zero-order valence-corrected chi connectivity index (χ0v) is 15.6. The summed E-state index contributed by atoms with van der Waals surface area (Å²) >= 11 is 0. The molecule has 0 aromatic heterocycles. The molecule has 1 aromatic rings. The van der Waals surface area contributed by atoms with Crippen molar-refractivity contribution in [2.45, 2.75) is 18.1 Å². The molecule has 0 radical (unpaired) electrons. The second-order valence-electron chi connectivity index (χ2n) is 6.84. The molecular formula is C17H20FN3O5S. The minimum Gasteiger partial charge on any atom is -0.442 e. The van der Waals surface area contributed by atoms with E-state index in [-0.39, 0.29) is 6.54 Å². The third kappa shape index (κ3) is 3.33. The van der Waals surface area contributed by atoms with Crippen LogP contribution in [0.4, 0.5) is 25.4 Å². The first-order chi connectivity index (χ1) is 12.9. The van der Waals surface area contributed by atoms with E-state index < -0.39 is 40.5 Å². The molecule has 2 amide bonds. The lowest BCUT2D eigenvalue weighted by molar-refractivity contribution is 0.0714. The fourth-order valence-corrected chi connectivity index (χ4v) is 4.51. The molecule has 1 N–H and O–H groups in total. The number of carbonyl (C=O) groups excluding carboxylic acids is 2. The van der Waals surface area contributed by atoms with Crippen LogP contribution in [0.1, 0.15) is 6.42 Å². The molecule has 10 heteroatoms. The number of halogens is 1. The van der Waals surface area contributed by atoms with Crippen molar-refractivity contribution in [1.29, 1.82) is 0 Å². The van der Waals surface area contributed by atoms with Gasteiger partial charge in [-0.15, -0.1) is 0 Å². The van der Waals surface area contributed by atoms with Crippen LogP contribution in [0.5, 0.6) is 0 Å². The summed E-state index contributed by atoms with van der Waals surface area (Å²) in [6, 6.07) is 4.60. The number of alkyl carbamates (subject to hydrolysis) is 1.